The Hall–Kier alpha value is -3.68. The zero-order chi connectivity index (χ0) is 25.0. The maximum Gasteiger partial charge on any atom is 0.338 e. The van der Waals surface area contributed by atoms with Gasteiger partial charge in [-0.05, 0) is 56.5 Å². The molecule has 0 bridgehead atoms. The third-order valence-corrected chi connectivity index (χ3v) is 5.95. The number of hydrogen-bond donors (Lipinski definition) is 1. The Morgan fingerprint density at radius 1 is 1.09 bits per heavy atom. The molecule has 0 saturated carbocycles. The normalized spacial score (nSPS) is 15.7. The second-order valence-corrected chi connectivity index (χ2v) is 8.10. The molecule has 0 spiro atoms. The highest BCUT2D eigenvalue weighted by Gasteiger charge is 2.39. The maximum absolute atomic E-state index is 13.2. The van der Waals surface area contributed by atoms with Gasteiger partial charge in [-0.1, -0.05) is 18.2 Å². The van der Waals surface area contributed by atoms with Gasteiger partial charge in [-0.2, -0.15) is 0 Å². The number of para-hydroxylation sites is 1. The van der Waals surface area contributed by atoms with E-state index < -0.39 is 12.0 Å². The Bertz CT molecular complexity index is 1120. The van der Waals surface area contributed by atoms with Crippen molar-refractivity contribution < 1.29 is 28.5 Å². The van der Waals surface area contributed by atoms with E-state index >= 15 is 0 Å². The van der Waals surface area contributed by atoms with Crippen LogP contribution in [-0.4, -0.2) is 51.4 Å². The average molecular weight is 469 g/mol. The average Bonchev–Trinajstić information content (AvgIpc) is 2.81. The molecule has 0 radical (unpaired) electrons. The smallest absolute Gasteiger partial charge is 0.338 e. The highest BCUT2D eigenvalue weighted by Crippen LogP contribution is 2.40. The van der Waals surface area contributed by atoms with E-state index in [2.05, 4.69) is 11.4 Å². The van der Waals surface area contributed by atoms with E-state index in [1.807, 2.05) is 26.8 Å². The van der Waals surface area contributed by atoms with Gasteiger partial charge in [-0.25, -0.2) is 9.59 Å². The molecular weight excluding hydrogens is 436 g/mol. The number of urea groups is 1. The lowest BCUT2D eigenvalue weighted by atomic mass is 9.93. The van der Waals surface area contributed by atoms with Gasteiger partial charge in [0.2, 0.25) is 0 Å². The molecule has 8 nitrogen and oxygen atoms in total. The molecule has 0 fully saturated rings. The Morgan fingerprint density at radius 3 is 2.47 bits per heavy atom. The van der Waals surface area contributed by atoms with Gasteiger partial charge >= 0.3 is 12.0 Å². The first kappa shape index (κ1) is 25.0. The van der Waals surface area contributed by atoms with E-state index in [0.29, 0.717) is 28.5 Å². The lowest BCUT2D eigenvalue weighted by molar-refractivity contribution is -0.139. The number of likely N-dealkylation sites (N-methyl/N-ethyl adjacent to an activating group) is 1. The van der Waals surface area contributed by atoms with E-state index in [9.17, 15) is 9.59 Å². The summed E-state index contributed by atoms with van der Waals surface area (Å²) in [6.45, 7) is 7.92. The fraction of sp³-hybridized carbons (Fsp3) is 0.385. The Morgan fingerprint density at radius 2 is 1.82 bits per heavy atom. The molecule has 182 valence electrons. The quantitative estimate of drug-likeness (QED) is 0.584. The summed E-state index contributed by atoms with van der Waals surface area (Å²) in [5.74, 6) is 1.06. The minimum Gasteiger partial charge on any atom is -0.493 e. The van der Waals surface area contributed by atoms with Crippen molar-refractivity contribution in [3.63, 3.8) is 0 Å². The van der Waals surface area contributed by atoms with Gasteiger partial charge in [0.25, 0.3) is 0 Å². The van der Waals surface area contributed by atoms with Crippen molar-refractivity contribution in [1.82, 2.24) is 10.2 Å². The van der Waals surface area contributed by atoms with Crippen LogP contribution < -0.4 is 19.5 Å². The minimum absolute atomic E-state index is 0.00455. The molecule has 0 aliphatic carbocycles. The molecular formula is C26H32N2O6. The summed E-state index contributed by atoms with van der Waals surface area (Å²) >= 11 is 0. The van der Waals surface area contributed by atoms with Crippen LogP contribution in [0.4, 0.5) is 4.79 Å². The summed E-state index contributed by atoms with van der Waals surface area (Å²) in [4.78, 5) is 27.5. The van der Waals surface area contributed by atoms with Crippen molar-refractivity contribution in [2.45, 2.75) is 33.7 Å². The molecule has 0 unspecified atom stereocenters. The first-order valence-corrected chi connectivity index (χ1v) is 11.1. The van der Waals surface area contributed by atoms with Crippen molar-refractivity contribution in [2.24, 2.45) is 0 Å². The van der Waals surface area contributed by atoms with Crippen LogP contribution in [0.25, 0.3) is 0 Å². The first-order chi connectivity index (χ1) is 16.2. The van der Waals surface area contributed by atoms with Crippen molar-refractivity contribution in [3.8, 4) is 17.2 Å². The van der Waals surface area contributed by atoms with E-state index in [4.69, 9.17) is 18.9 Å². The number of methoxy groups -OCH3 is 2. The van der Waals surface area contributed by atoms with Crippen LogP contribution in [0.5, 0.6) is 17.2 Å². The van der Waals surface area contributed by atoms with Crippen LogP contribution in [0.15, 0.2) is 41.6 Å². The zero-order valence-corrected chi connectivity index (χ0v) is 20.8. The van der Waals surface area contributed by atoms with Crippen molar-refractivity contribution in [3.05, 3.63) is 63.9 Å². The Balaban J connectivity index is 2.14. The fourth-order valence-electron chi connectivity index (χ4n) is 4.05. The molecule has 1 atom stereocenters. The van der Waals surface area contributed by atoms with E-state index in [1.165, 1.54) is 19.1 Å². The van der Waals surface area contributed by atoms with Crippen molar-refractivity contribution in [2.75, 3.05) is 34.5 Å². The number of carbonyl (C=O) groups excluding carboxylic acids is 2. The number of nitrogens with zero attached hydrogens (tertiary/aromatic N) is 1. The van der Waals surface area contributed by atoms with E-state index in [-0.39, 0.29) is 24.8 Å². The number of nitrogens with one attached hydrogen (secondary N) is 1. The predicted molar refractivity (Wildman–Crippen MR) is 128 cm³/mol. The first-order valence-electron chi connectivity index (χ1n) is 11.1. The molecule has 3 rings (SSSR count). The fourth-order valence-corrected chi connectivity index (χ4v) is 4.05. The topological polar surface area (TPSA) is 86.3 Å². The lowest BCUT2D eigenvalue weighted by Crippen LogP contribution is -2.48. The summed E-state index contributed by atoms with van der Waals surface area (Å²) < 4.78 is 22.5. The molecule has 1 N–H and O–H groups in total. The van der Waals surface area contributed by atoms with Crippen LogP contribution in [0, 0.1) is 20.8 Å². The summed E-state index contributed by atoms with van der Waals surface area (Å²) in [6, 6.07) is 8.14. The molecule has 1 aliphatic rings. The Kier molecular flexibility index (Phi) is 7.71. The van der Waals surface area contributed by atoms with Crippen LogP contribution in [-0.2, 0) is 9.53 Å². The van der Waals surface area contributed by atoms with Gasteiger partial charge in [-0.15, -0.1) is 0 Å². The summed E-state index contributed by atoms with van der Waals surface area (Å²) in [6.07, 6.45) is 0. The minimum atomic E-state index is -0.813. The summed E-state index contributed by atoms with van der Waals surface area (Å²) in [5, 5.41) is 2.89. The predicted octanol–water partition coefficient (Wildman–Crippen LogP) is 4.22. The largest absolute Gasteiger partial charge is 0.493 e. The number of esters is 1. The maximum atomic E-state index is 13.2. The number of hydrogen-bond acceptors (Lipinski definition) is 6. The zero-order valence-electron chi connectivity index (χ0n) is 20.8. The lowest BCUT2D eigenvalue weighted by Gasteiger charge is -2.35. The number of rotatable bonds is 8. The summed E-state index contributed by atoms with van der Waals surface area (Å²) in [7, 11) is 4.64. The van der Waals surface area contributed by atoms with Gasteiger partial charge in [0.1, 0.15) is 12.4 Å². The number of amides is 2. The number of benzene rings is 2. The van der Waals surface area contributed by atoms with E-state index in [1.54, 1.807) is 32.2 Å². The number of ether oxygens (including phenoxy) is 4. The van der Waals surface area contributed by atoms with Crippen molar-refractivity contribution in [1.29, 1.82) is 0 Å². The van der Waals surface area contributed by atoms with Gasteiger partial charge < -0.3 is 24.3 Å². The molecule has 2 aromatic rings. The van der Waals surface area contributed by atoms with Crippen LogP contribution in [0.3, 0.4) is 0 Å². The molecule has 1 aliphatic heterocycles. The van der Waals surface area contributed by atoms with E-state index in [0.717, 1.165) is 16.7 Å². The molecule has 2 aromatic carbocycles. The van der Waals surface area contributed by atoms with Gasteiger partial charge in [0, 0.05) is 12.6 Å². The highest BCUT2D eigenvalue weighted by molar-refractivity contribution is 5.95. The van der Waals surface area contributed by atoms with Crippen LogP contribution >= 0.6 is 0 Å². The van der Waals surface area contributed by atoms with Crippen LogP contribution in [0.2, 0.25) is 0 Å². The molecule has 34 heavy (non-hydrogen) atoms. The van der Waals surface area contributed by atoms with Gasteiger partial charge in [0.05, 0.1) is 38.1 Å². The molecule has 1 heterocycles. The second-order valence-electron chi connectivity index (χ2n) is 8.10. The standard InChI is InChI=1S/C26H32N2O6/c1-8-33-25(29)22-19(14-34-21-13-15(2)12-16(3)17(21)4)28(5)26(30)27-23(22)18-10-9-11-20(31-6)24(18)32-7/h9-13,23H,8,14H2,1-7H3,(H,27,30)/t23-/m0/s1. The summed E-state index contributed by atoms with van der Waals surface area (Å²) in [5.41, 5.74) is 4.42. The highest BCUT2D eigenvalue weighted by atomic mass is 16.5. The van der Waals surface area contributed by atoms with Crippen LogP contribution in [0.1, 0.15) is 35.2 Å². The number of aryl methyl sites for hydroxylation is 2. The monoisotopic (exact) mass is 468 g/mol. The van der Waals surface area contributed by atoms with Gasteiger partial charge in [-0.3, -0.25) is 4.90 Å². The number of carbonyl (C=O) groups is 2. The Labute approximate surface area is 200 Å². The van der Waals surface area contributed by atoms with Crippen molar-refractivity contribution >= 4 is 12.0 Å². The molecule has 8 heteroatoms. The SMILES string of the molecule is CCOC(=O)C1=C(COc2cc(C)cc(C)c2C)N(C)C(=O)N[C@H]1c1cccc(OC)c1OC. The molecule has 0 saturated heterocycles. The third-order valence-electron chi connectivity index (χ3n) is 5.95. The third kappa shape index (κ3) is 4.81. The van der Waals surface area contributed by atoms with Gasteiger partial charge in [0.15, 0.2) is 11.5 Å². The second kappa shape index (κ2) is 10.5. The molecule has 2 amide bonds. The molecule has 0 aromatic heterocycles.